The van der Waals surface area contributed by atoms with Crippen molar-refractivity contribution in [1.29, 1.82) is 5.26 Å². The third-order valence-corrected chi connectivity index (χ3v) is 7.44. The summed E-state index contributed by atoms with van der Waals surface area (Å²) in [7, 11) is -1.86. The molecule has 0 aliphatic rings. The fourth-order valence-electron chi connectivity index (χ4n) is 0.811. The van der Waals surface area contributed by atoms with Crippen molar-refractivity contribution in [2.75, 3.05) is 0 Å². The van der Waals surface area contributed by atoms with Crippen LogP contribution >= 0.6 is 0 Å². The number of aliphatic hydroxyl groups excluding tert-OH is 1. The zero-order valence-electron chi connectivity index (χ0n) is 9.96. The molecule has 0 aromatic rings. The first-order chi connectivity index (χ1) is 6.12. The van der Waals surface area contributed by atoms with Crippen molar-refractivity contribution < 1.29 is 9.53 Å². The molecule has 0 amide bonds. The molecule has 2 atom stereocenters. The van der Waals surface area contributed by atoms with Gasteiger partial charge in [0.1, 0.15) is 0 Å². The first-order valence-electron chi connectivity index (χ1n) is 4.87. The van der Waals surface area contributed by atoms with Gasteiger partial charge in [-0.1, -0.05) is 20.8 Å². The summed E-state index contributed by atoms with van der Waals surface area (Å²) in [6.07, 6.45) is -1.43. The highest BCUT2D eigenvalue weighted by atomic mass is 28.4. The maximum atomic E-state index is 9.29. The molecular formula is C10H21NO2Si. The van der Waals surface area contributed by atoms with Crippen LogP contribution in [0, 0.1) is 11.3 Å². The molecule has 0 heterocycles. The lowest BCUT2D eigenvalue weighted by atomic mass is 10.2. The van der Waals surface area contributed by atoms with E-state index in [9.17, 15) is 5.11 Å². The lowest BCUT2D eigenvalue weighted by molar-refractivity contribution is 0.0739. The summed E-state index contributed by atoms with van der Waals surface area (Å²) in [6.45, 7) is 12.3. The monoisotopic (exact) mass is 215 g/mol. The molecule has 4 heteroatoms. The van der Waals surface area contributed by atoms with Gasteiger partial charge in [-0.3, -0.25) is 0 Å². The Morgan fingerprint density at radius 1 is 1.36 bits per heavy atom. The van der Waals surface area contributed by atoms with E-state index in [-0.39, 0.29) is 5.04 Å². The molecule has 0 aromatic heterocycles. The molecular weight excluding hydrogens is 194 g/mol. The topological polar surface area (TPSA) is 53.2 Å². The Bertz CT molecular complexity index is 227. The van der Waals surface area contributed by atoms with E-state index >= 15 is 0 Å². The molecule has 3 nitrogen and oxygen atoms in total. The zero-order chi connectivity index (χ0) is 11.6. The Kier molecular flexibility index (Phi) is 4.31. The van der Waals surface area contributed by atoms with Crippen LogP contribution in [0.2, 0.25) is 18.1 Å². The molecule has 0 rings (SSSR count). The largest absolute Gasteiger partial charge is 0.410 e. The van der Waals surface area contributed by atoms with Crippen molar-refractivity contribution >= 4 is 8.32 Å². The molecule has 1 unspecified atom stereocenters. The summed E-state index contributed by atoms with van der Waals surface area (Å²) in [5.74, 6) is 0. The number of hydrogen-bond donors (Lipinski definition) is 1. The minimum Gasteiger partial charge on any atom is -0.410 e. The van der Waals surface area contributed by atoms with Crippen LogP contribution in [0.3, 0.4) is 0 Å². The van der Waals surface area contributed by atoms with Crippen molar-refractivity contribution in [3.05, 3.63) is 0 Å². The highest BCUT2D eigenvalue weighted by Crippen LogP contribution is 2.37. The maximum absolute atomic E-state index is 9.29. The van der Waals surface area contributed by atoms with Crippen LogP contribution in [0.5, 0.6) is 0 Å². The van der Waals surface area contributed by atoms with Gasteiger partial charge in [0.05, 0.1) is 12.2 Å². The minimum atomic E-state index is -1.86. The highest BCUT2D eigenvalue weighted by Gasteiger charge is 2.39. The van der Waals surface area contributed by atoms with Crippen LogP contribution < -0.4 is 0 Å². The van der Waals surface area contributed by atoms with E-state index < -0.39 is 20.5 Å². The van der Waals surface area contributed by atoms with Crippen molar-refractivity contribution in [1.82, 2.24) is 0 Å². The number of rotatable bonds is 3. The molecule has 14 heavy (non-hydrogen) atoms. The third-order valence-electron chi connectivity index (χ3n) is 2.86. The highest BCUT2D eigenvalue weighted by molar-refractivity contribution is 6.74. The van der Waals surface area contributed by atoms with Gasteiger partial charge in [-0.2, -0.15) is 5.26 Å². The van der Waals surface area contributed by atoms with Gasteiger partial charge in [0, 0.05) is 0 Å². The van der Waals surface area contributed by atoms with Crippen molar-refractivity contribution in [2.45, 2.75) is 58.0 Å². The summed E-state index contributed by atoms with van der Waals surface area (Å²) in [5, 5.41) is 17.9. The second kappa shape index (κ2) is 4.43. The van der Waals surface area contributed by atoms with Crippen molar-refractivity contribution in [3.63, 3.8) is 0 Å². The molecule has 0 radical (unpaired) electrons. The number of hydrogen-bond acceptors (Lipinski definition) is 3. The maximum Gasteiger partial charge on any atom is 0.192 e. The van der Waals surface area contributed by atoms with Gasteiger partial charge in [0.25, 0.3) is 0 Å². The van der Waals surface area contributed by atoms with E-state index in [2.05, 4.69) is 33.9 Å². The van der Waals surface area contributed by atoms with E-state index in [4.69, 9.17) is 9.69 Å². The molecule has 1 N–H and O–H groups in total. The van der Waals surface area contributed by atoms with Gasteiger partial charge in [-0.25, -0.2) is 0 Å². The molecule has 0 fully saturated rings. The number of nitriles is 1. The predicted octanol–water partition coefficient (Wildman–Crippen LogP) is 2.28. The Labute approximate surface area is 87.8 Å². The summed E-state index contributed by atoms with van der Waals surface area (Å²) in [6, 6.07) is 1.79. The van der Waals surface area contributed by atoms with E-state index in [1.807, 2.05) is 0 Å². The quantitative estimate of drug-likeness (QED) is 0.580. The molecule has 82 valence electrons. The van der Waals surface area contributed by atoms with Crippen LogP contribution in [0.25, 0.3) is 0 Å². The molecule has 0 aliphatic carbocycles. The standard InChI is InChI=1S/C10H21NO2Si/c1-8(9(12)7-11)13-14(5,6)10(2,3)4/h8-9,12H,1-6H3/t8?,9-/m0/s1. The van der Waals surface area contributed by atoms with Crippen LogP contribution in [0.15, 0.2) is 0 Å². The normalized spacial score (nSPS) is 17.3. The third kappa shape index (κ3) is 3.41. The van der Waals surface area contributed by atoms with Gasteiger partial charge in [-0.15, -0.1) is 0 Å². The number of nitrogens with zero attached hydrogens (tertiary/aromatic N) is 1. The average Bonchev–Trinajstić information content (AvgIpc) is 2.00. The van der Waals surface area contributed by atoms with Crippen molar-refractivity contribution in [2.24, 2.45) is 0 Å². The molecule has 0 bridgehead atoms. The van der Waals surface area contributed by atoms with Gasteiger partial charge in [-0.05, 0) is 25.1 Å². The summed E-state index contributed by atoms with van der Waals surface area (Å²) in [4.78, 5) is 0. The smallest absolute Gasteiger partial charge is 0.192 e. The zero-order valence-corrected chi connectivity index (χ0v) is 11.0. The van der Waals surface area contributed by atoms with Gasteiger partial charge in [0.2, 0.25) is 0 Å². The van der Waals surface area contributed by atoms with E-state index in [0.717, 1.165) is 0 Å². The van der Waals surface area contributed by atoms with E-state index in [1.165, 1.54) is 0 Å². The fraction of sp³-hybridized carbons (Fsp3) is 0.900. The second-order valence-electron chi connectivity index (χ2n) is 5.16. The minimum absolute atomic E-state index is 0.108. The molecule has 0 aliphatic heterocycles. The van der Waals surface area contributed by atoms with E-state index in [0.29, 0.717) is 0 Å². The summed E-state index contributed by atoms with van der Waals surface area (Å²) in [5.41, 5.74) is 0. The van der Waals surface area contributed by atoms with Gasteiger partial charge >= 0.3 is 0 Å². The first kappa shape index (κ1) is 13.6. The SMILES string of the molecule is CC(O[Si](C)(C)C(C)(C)C)[C@@H](O)C#N. The molecule has 0 aromatic carbocycles. The average molecular weight is 215 g/mol. The predicted molar refractivity (Wildman–Crippen MR) is 59.4 cm³/mol. The van der Waals surface area contributed by atoms with Crippen LogP contribution in [-0.2, 0) is 4.43 Å². The van der Waals surface area contributed by atoms with E-state index in [1.54, 1.807) is 13.0 Å². The fourth-order valence-corrected chi connectivity index (χ4v) is 2.22. The van der Waals surface area contributed by atoms with Gasteiger partial charge < -0.3 is 9.53 Å². The van der Waals surface area contributed by atoms with Crippen LogP contribution in [-0.4, -0.2) is 25.6 Å². The van der Waals surface area contributed by atoms with Crippen LogP contribution in [0.1, 0.15) is 27.7 Å². The summed E-state index contributed by atoms with van der Waals surface area (Å²) >= 11 is 0. The Balaban J connectivity index is 4.46. The summed E-state index contributed by atoms with van der Waals surface area (Å²) < 4.78 is 5.82. The van der Waals surface area contributed by atoms with Gasteiger partial charge in [0.15, 0.2) is 14.4 Å². The Morgan fingerprint density at radius 2 is 1.79 bits per heavy atom. The second-order valence-corrected chi connectivity index (χ2v) is 9.91. The number of aliphatic hydroxyl groups is 1. The van der Waals surface area contributed by atoms with Crippen LogP contribution in [0.4, 0.5) is 0 Å². The van der Waals surface area contributed by atoms with Crippen molar-refractivity contribution in [3.8, 4) is 6.07 Å². The lowest BCUT2D eigenvalue weighted by Crippen LogP contribution is -2.45. The molecule has 0 spiro atoms. The first-order valence-corrected chi connectivity index (χ1v) is 7.78. The Morgan fingerprint density at radius 3 is 2.07 bits per heavy atom. The lowest BCUT2D eigenvalue weighted by Gasteiger charge is -2.38. The molecule has 0 saturated carbocycles. The Hall–Kier alpha value is -0.373. The molecule has 0 saturated heterocycles.